The van der Waals surface area contributed by atoms with Gasteiger partial charge in [0.25, 0.3) is 0 Å². The SMILES string of the molecule is O=Cc1ccc2nc(C3C(=O)Nc4ccccc43)ccc2c1. The Hall–Kier alpha value is -3.01. The predicted molar refractivity (Wildman–Crippen MR) is 84.0 cm³/mol. The van der Waals surface area contributed by atoms with E-state index in [2.05, 4.69) is 10.3 Å². The summed E-state index contributed by atoms with van der Waals surface area (Å²) >= 11 is 0. The Bertz CT molecular complexity index is 918. The van der Waals surface area contributed by atoms with Crippen LogP contribution in [-0.2, 0) is 4.79 Å². The lowest BCUT2D eigenvalue weighted by Gasteiger charge is -2.09. The summed E-state index contributed by atoms with van der Waals surface area (Å²) in [5.74, 6) is -0.441. The number of para-hydroxylation sites is 1. The predicted octanol–water partition coefficient (Wildman–Crippen LogP) is 3.13. The largest absolute Gasteiger partial charge is 0.325 e. The second kappa shape index (κ2) is 4.77. The molecule has 0 aliphatic carbocycles. The second-order valence-electron chi connectivity index (χ2n) is 5.32. The molecule has 1 N–H and O–H groups in total. The van der Waals surface area contributed by atoms with Crippen molar-refractivity contribution in [3.63, 3.8) is 0 Å². The molecular weight excluding hydrogens is 276 g/mol. The van der Waals surface area contributed by atoms with E-state index >= 15 is 0 Å². The molecule has 0 radical (unpaired) electrons. The second-order valence-corrected chi connectivity index (χ2v) is 5.32. The normalized spacial score (nSPS) is 16.4. The number of benzene rings is 2. The Labute approximate surface area is 126 Å². The lowest BCUT2D eigenvalue weighted by Crippen LogP contribution is -2.14. The minimum Gasteiger partial charge on any atom is -0.325 e. The van der Waals surface area contributed by atoms with E-state index in [1.165, 1.54) is 0 Å². The van der Waals surface area contributed by atoms with Gasteiger partial charge in [0.2, 0.25) is 5.91 Å². The molecule has 1 unspecified atom stereocenters. The number of nitrogens with one attached hydrogen (secondary N) is 1. The highest BCUT2D eigenvalue weighted by Crippen LogP contribution is 2.36. The average molecular weight is 288 g/mol. The number of hydrogen-bond acceptors (Lipinski definition) is 3. The highest BCUT2D eigenvalue weighted by atomic mass is 16.2. The fraction of sp³-hybridized carbons (Fsp3) is 0.0556. The van der Waals surface area contributed by atoms with Crippen LogP contribution in [0.1, 0.15) is 27.5 Å². The van der Waals surface area contributed by atoms with Crippen molar-refractivity contribution >= 4 is 28.8 Å². The van der Waals surface area contributed by atoms with E-state index in [0.717, 1.165) is 28.4 Å². The molecular formula is C18H12N2O2. The van der Waals surface area contributed by atoms with E-state index in [-0.39, 0.29) is 11.8 Å². The van der Waals surface area contributed by atoms with Crippen LogP contribution in [0.25, 0.3) is 10.9 Å². The zero-order valence-electron chi connectivity index (χ0n) is 11.6. The van der Waals surface area contributed by atoms with Crippen molar-refractivity contribution in [3.8, 4) is 0 Å². The molecule has 4 nitrogen and oxygen atoms in total. The van der Waals surface area contributed by atoms with Gasteiger partial charge < -0.3 is 5.32 Å². The number of rotatable bonds is 2. The Kier molecular flexibility index (Phi) is 2.76. The summed E-state index contributed by atoms with van der Waals surface area (Å²) in [5, 5.41) is 3.78. The summed E-state index contributed by atoms with van der Waals surface area (Å²) in [6, 6.07) is 16.7. The third-order valence-electron chi connectivity index (χ3n) is 3.96. The smallest absolute Gasteiger partial charge is 0.238 e. The Morgan fingerprint density at radius 2 is 1.91 bits per heavy atom. The summed E-state index contributed by atoms with van der Waals surface area (Å²) in [6.45, 7) is 0. The molecule has 0 spiro atoms. The van der Waals surface area contributed by atoms with Crippen LogP contribution in [0.15, 0.2) is 54.6 Å². The monoisotopic (exact) mass is 288 g/mol. The summed E-state index contributed by atoms with van der Waals surface area (Å²) in [4.78, 5) is 27.7. The summed E-state index contributed by atoms with van der Waals surface area (Å²) in [5.41, 5.74) is 3.90. The van der Waals surface area contributed by atoms with E-state index < -0.39 is 0 Å². The molecule has 0 saturated heterocycles. The molecule has 0 bridgehead atoms. The van der Waals surface area contributed by atoms with Gasteiger partial charge in [0.1, 0.15) is 12.2 Å². The van der Waals surface area contributed by atoms with Crippen molar-refractivity contribution in [1.29, 1.82) is 0 Å². The molecule has 1 aromatic heterocycles. The maximum absolute atomic E-state index is 12.3. The van der Waals surface area contributed by atoms with Crippen molar-refractivity contribution in [1.82, 2.24) is 4.98 Å². The Morgan fingerprint density at radius 1 is 1.05 bits per heavy atom. The molecule has 1 aliphatic rings. The van der Waals surface area contributed by atoms with E-state index in [9.17, 15) is 9.59 Å². The molecule has 2 aromatic carbocycles. The number of anilines is 1. The van der Waals surface area contributed by atoms with Crippen LogP contribution < -0.4 is 5.32 Å². The minimum atomic E-state index is -0.383. The zero-order chi connectivity index (χ0) is 15.1. The number of carbonyl (C=O) groups excluding carboxylic acids is 2. The maximum Gasteiger partial charge on any atom is 0.238 e. The van der Waals surface area contributed by atoms with Gasteiger partial charge in [-0.3, -0.25) is 14.6 Å². The number of aromatic nitrogens is 1. The van der Waals surface area contributed by atoms with Crippen molar-refractivity contribution < 1.29 is 9.59 Å². The lowest BCUT2D eigenvalue weighted by atomic mass is 9.96. The maximum atomic E-state index is 12.3. The molecule has 1 amide bonds. The van der Waals surface area contributed by atoms with Gasteiger partial charge in [0.15, 0.2) is 0 Å². The van der Waals surface area contributed by atoms with Gasteiger partial charge in [-0.15, -0.1) is 0 Å². The molecule has 1 aliphatic heterocycles. The molecule has 4 heteroatoms. The standard InChI is InChI=1S/C18H12N2O2/c21-10-11-5-7-14-12(9-11)6-8-16(19-14)17-13-3-1-2-4-15(13)20-18(17)22/h1-10,17H,(H,20,22). The number of hydrogen-bond donors (Lipinski definition) is 1. The van der Waals surface area contributed by atoms with Crippen LogP contribution in [0.4, 0.5) is 5.69 Å². The van der Waals surface area contributed by atoms with Crippen LogP contribution in [0.3, 0.4) is 0 Å². The molecule has 1 atom stereocenters. The Morgan fingerprint density at radius 3 is 2.77 bits per heavy atom. The number of fused-ring (bicyclic) bond motifs is 2. The van der Waals surface area contributed by atoms with Crippen LogP contribution in [0.5, 0.6) is 0 Å². The molecule has 106 valence electrons. The summed E-state index contributed by atoms with van der Waals surface area (Å²) in [6.07, 6.45) is 0.814. The number of amides is 1. The van der Waals surface area contributed by atoms with Crippen molar-refractivity contribution in [2.75, 3.05) is 5.32 Å². The first-order valence-electron chi connectivity index (χ1n) is 7.02. The van der Waals surface area contributed by atoms with E-state index in [0.29, 0.717) is 11.3 Å². The van der Waals surface area contributed by atoms with Crippen molar-refractivity contribution in [2.45, 2.75) is 5.92 Å². The van der Waals surface area contributed by atoms with Crippen LogP contribution in [0, 0.1) is 0 Å². The quantitative estimate of drug-likeness (QED) is 0.737. The molecule has 3 aromatic rings. The van der Waals surface area contributed by atoms with E-state index in [1.54, 1.807) is 18.2 Å². The average Bonchev–Trinajstić information content (AvgIpc) is 2.89. The minimum absolute atomic E-state index is 0.0578. The first-order chi connectivity index (χ1) is 10.8. The highest BCUT2D eigenvalue weighted by Gasteiger charge is 2.32. The number of aldehydes is 1. The van der Waals surface area contributed by atoms with Crippen LogP contribution in [0.2, 0.25) is 0 Å². The lowest BCUT2D eigenvalue weighted by molar-refractivity contribution is -0.116. The highest BCUT2D eigenvalue weighted by molar-refractivity contribution is 6.05. The number of pyridine rings is 1. The molecule has 2 heterocycles. The van der Waals surface area contributed by atoms with Crippen molar-refractivity contribution in [3.05, 3.63) is 71.4 Å². The molecule has 22 heavy (non-hydrogen) atoms. The van der Waals surface area contributed by atoms with Crippen molar-refractivity contribution in [2.24, 2.45) is 0 Å². The summed E-state index contributed by atoms with van der Waals surface area (Å²) < 4.78 is 0. The van der Waals surface area contributed by atoms with E-state index in [4.69, 9.17) is 0 Å². The van der Waals surface area contributed by atoms with Gasteiger partial charge in [0, 0.05) is 16.6 Å². The van der Waals surface area contributed by atoms with Gasteiger partial charge in [-0.2, -0.15) is 0 Å². The zero-order valence-corrected chi connectivity index (χ0v) is 11.6. The summed E-state index contributed by atoms with van der Waals surface area (Å²) in [7, 11) is 0. The first kappa shape index (κ1) is 12.7. The van der Waals surface area contributed by atoms with Crippen LogP contribution >= 0.6 is 0 Å². The van der Waals surface area contributed by atoms with Gasteiger partial charge in [0.05, 0.1) is 11.2 Å². The van der Waals surface area contributed by atoms with E-state index in [1.807, 2.05) is 36.4 Å². The number of carbonyl (C=O) groups is 2. The third-order valence-corrected chi connectivity index (χ3v) is 3.96. The van der Waals surface area contributed by atoms with Crippen LogP contribution in [-0.4, -0.2) is 17.2 Å². The molecule has 0 saturated carbocycles. The molecule has 0 fully saturated rings. The van der Waals surface area contributed by atoms with Gasteiger partial charge in [-0.05, 0) is 35.9 Å². The topological polar surface area (TPSA) is 59.1 Å². The van der Waals surface area contributed by atoms with Gasteiger partial charge in [-0.25, -0.2) is 0 Å². The van der Waals surface area contributed by atoms with Gasteiger partial charge >= 0.3 is 0 Å². The third kappa shape index (κ3) is 1.89. The molecule has 4 rings (SSSR count). The Balaban J connectivity index is 1.84. The van der Waals surface area contributed by atoms with Gasteiger partial charge in [-0.1, -0.05) is 24.3 Å². The fourth-order valence-corrected chi connectivity index (χ4v) is 2.90. The number of nitrogens with zero attached hydrogens (tertiary/aromatic N) is 1. The fourth-order valence-electron chi connectivity index (χ4n) is 2.90. The first-order valence-corrected chi connectivity index (χ1v) is 7.02.